The number of thioether (sulfide) groups is 1. The van der Waals surface area contributed by atoms with E-state index in [-0.39, 0.29) is 5.91 Å². The molecule has 1 amide bonds. The standard InChI is InChI=1S/C13H28N2OS/c1-4-13(14,5-2)12(16)15-10-8-6-7-9-11-17-3/h4-11,14H2,1-3H3,(H,15,16). The molecule has 0 atom stereocenters. The molecule has 0 bridgehead atoms. The predicted molar refractivity (Wildman–Crippen MR) is 77.4 cm³/mol. The van der Waals surface area contributed by atoms with E-state index in [1.54, 1.807) is 0 Å². The molecule has 3 N–H and O–H groups in total. The van der Waals surface area contributed by atoms with E-state index in [1.807, 2.05) is 25.6 Å². The molecule has 0 radical (unpaired) electrons. The third kappa shape index (κ3) is 6.94. The van der Waals surface area contributed by atoms with Gasteiger partial charge >= 0.3 is 0 Å². The molecule has 0 saturated carbocycles. The van der Waals surface area contributed by atoms with Crippen LogP contribution in [0.25, 0.3) is 0 Å². The van der Waals surface area contributed by atoms with Crippen LogP contribution in [0.15, 0.2) is 0 Å². The fourth-order valence-corrected chi connectivity index (χ4v) is 2.17. The van der Waals surface area contributed by atoms with E-state index in [9.17, 15) is 4.79 Å². The molecular weight excluding hydrogens is 232 g/mol. The molecule has 0 heterocycles. The van der Waals surface area contributed by atoms with E-state index in [4.69, 9.17) is 5.73 Å². The Morgan fingerprint density at radius 1 is 1.18 bits per heavy atom. The van der Waals surface area contributed by atoms with Gasteiger partial charge in [0, 0.05) is 6.54 Å². The number of hydrogen-bond donors (Lipinski definition) is 2. The summed E-state index contributed by atoms with van der Waals surface area (Å²) in [7, 11) is 0. The Morgan fingerprint density at radius 2 is 1.76 bits per heavy atom. The number of amides is 1. The van der Waals surface area contributed by atoms with Crippen LogP contribution in [0.3, 0.4) is 0 Å². The Bertz CT molecular complexity index is 206. The van der Waals surface area contributed by atoms with Crippen LogP contribution in [0.5, 0.6) is 0 Å². The van der Waals surface area contributed by atoms with Crippen molar-refractivity contribution in [2.24, 2.45) is 5.73 Å². The van der Waals surface area contributed by atoms with E-state index in [1.165, 1.54) is 25.0 Å². The molecule has 0 aliphatic rings. The average molecular weight is 260 g/mol. The van der Waals surface area contributed by atoms with Crippen LogP contribution >= 0.6 is 11.8 Å². The summed E-state index contributed by atoms with van der Waals surface area (Å²) in [5, 5.41) is 2.95. The second-order valence-electron chi connectivity index (χ2n) is 4.53. The number of hydrogen-bond acceptors (Lipinski definition) is 3. The maximum atomic E-state index is 11.8. The number of nitrogens with one attached hydrogen (secondary N) is 1. The summed E-state index contributed by atoms with van der Waals surface area (Å²) < 4.78 is 0. The zero-order chi connectivity index (χ0) is 13.1. The molecule has 0 fully saturated rings. The van der Waals surface area contributed by atoms with Gasteiger partial charge in [-0.15, -0.1) is 0 Å². The molecule has 0 aromatic carbocycles. The SMILES string of the molecule is CCC(N)(CC)C(=O)NCCCCCCSC. The van der Waals surface area contributed by atoms with Crippen molar-refractivity contribution in [1.29, 1.82) is 0 Å². The van der Waals surface area contributed by atoms with Crippen LogP contribution in [-0.2, 0) is 4.79 Å². The van der Waals surface area contributed by atoms with Crippen molar-refractivity contribution in [3.05, 3.63) is 0 Å². The van der Waals surface area contributed by atoms with Crippen LogP contribution in [0, 0.1) is 0 Å². The minimum absolute atomic E-state index is 0.00612. The van der Waals surface area contributed by atoms with E-state index in [0.717, 1.165) is 13.0 Å². The van der Waals surface area contributed by atoms with Gasteiger partial charge in [0.25, 0.3) is 0 Å². The second-order valence-corrected chi connectivity index (χ2v) is 5.51. The van der Waals surface area contributed by atoms with Gasteiger partial charge in [-0.25, -0.2) is 0 Å². The summed E-state index contributed by atoms with van der Waals surface area (Å²) in [5.41, 5.74) is 5.34. The van der Waals surface area contributed by atoms with Crippen LogP contribution in [0.4, 0.5) is 0 Å². The van der Waals surface area contributed by atoms with Gasteiger partial charge in [0.05, 0.1) is 5.54 Å². The zero-order valence-electron chi connectivity index (χ0n) is 11.6. The molecule has 0 aliphatic carbocycles. The van der Waals surface area contributed by atoms with Gasteiger partial charge in [-0.1, -0.05) is 26.7 Å². The molecule has 17 heavy (non-hydrogen) atoms. The summed E-state index contributed by atoms with van der Waals surface area (Å²) in [4.78, 5) is 11.8. The van der Waals surface area contributed by atoms with Crippen LogP contribution < -0.4 is 11.1 Å². The first-order valence-corrected chi connectivity index (χ1v) is 8.06. The summed E-state index contributed by atoms with van der Waals surface area (Å²) in [6.45, 7) is 4.69. The lowest BCUT2D eigenvalue weighted by atomic mass is 9.93. The van der Waals surface area contributed by atoms with Crippen molar-refractivity contribution in [3.63, 3.8) is 0 Å². The van der Waals surface area contributed by atoms with Crippen molar-refractivity contribution in [2.75, 3.05) is 18.6 Å². The van der Waals surface area contributed by atoms with E-state index in [0.29, 0.717) is 12.8 Å². The van der Waals surface area contributed by atoms with Crippen LogP contribution in [0.2, 0.25) is 0 Å². The summed E-state index contributed by atoms with van der Waals surface area (Å²) in [5.74, 6) is 1.25. The van der Waals surface area contributed by atoms with Crippen molar-refractivity contribution < 1.29 is 4.79 Å². The fraction of sp³-hybridized carbons (Fsp3) is 0.923. The van der Waals surface area contributed by atoms with Gasteiger partial charge < -0.3 is 11.1 Å². The minimum atomic E-state index is -0.668. The highest BCUT2D eigenvalue weighted by molar-refractivity contribution is 7.98. The number of unbranched alkanes of at least 4 members (excludes halogenated alkanes) is 3. The highest BCUT2D eigenvalue weighted by atomic mass is 32.2. The third-order valence-electron chi connectivity index (χ3n) is 3.27. The maximum Gasteiger partial charge on any atom is 0.240 e. The van der Waals surface area contributed by atoms with Crippen LogP contribution in [-0.4, -0.2) is 30.0 Å². The Balaban J connectivity index is 3.57. The van der Waals surface area contributed by atoms with Gasteiger partial charge in [-0.2, -0.15) is 11.8 Å². The number of rotatable bonds is 10. The van der Waals surface area contributed by atoms with Gasteiger partial charge in [-0.05, 0) is 37.7 Å². The molecule has 4 heteroatoms. The van der Waals surface area contributed by atoms with Gasteiger partial charge in [0.15, 0.2) is 0 Å². The highest BCUT2D eigenvalue weighted by Gasteiger charge is 2.29. The molecule has 0 unspecified atom stereocenters. The number of carbonyl (C=O) groups is 1. The van der Waals surface area contributed by atoms with Gasteiger partial charge in [-0.3, -0.25) is 4.79 Å². The Morgan fingerprint density at radius 3 is 2.29 bits per heavy atom. The first kappa shape index (κ1) is 16.8. The normalized spacial score (nSPS) is 11.5. The zero-order valence-corrected chi connectivity index (χ0v) is 12.4. The van der Waals surface area contributed by atoms with E-state index >= 15 is 0 Å². The molecule has 0 rings (SSSR count). The Kier molecular flexibility index (Phi) is 9.65. The molecule has 0 aromatic rings. The van der Waals surface area contributed by atoms with Crippen molar-refractivity contribution in [3.8, 4) is 0 Å². The second kappa shape index (κ2) is 9.77. The van der Waals surface area contributed by atoms with Crippen molar-refractivity contribution in [2.45, 2.75) is 57.9 Å². The van der Waals surface area contributed by atoms with Gasteiger partial charge in [0.1, 0.15) is 0 Å². The smallest absolute Gasteiger partial charge is 0.240 e. The monoisotopic (exact) mass is 260 g/mol. The highest BCUT2D eigenvalue weighted by Crippen LogP contribution is 2.11. The first-order valence-electron chi connectivity index (χ1n) is 6.66. The van der Waals surface area contributed by atoms with Crippen molar-refractivity contribution >= 4 is 17.7 Å². The maximum absolute atomic E-state index is 11.8. The lowest BCUT2D eigenvalue weighted by Crippen LogP contribution is -2.53. The molecule has 0 spiro atoms. The molecular formula is C13H28N2OS. The molecule has 3 nitrogen and oxygen atoms in total. The molecule has 0 aliphatic heterocycles. The summed E-state index contributed by atoms with van der Waals surface area (Å²) in [6.07, 6.45) is 8.31. The lowest BCUT2D eigenvalue weighted by molar-refractivity contribution is -0.126. The van der Waals surface area contributed by atoms with E-state index in [2.05, 4.69) is 11.6 Å². The predicted octanol–water partition coefficient (Wildman–Crippen LogP) is 2.54. The quantitative estimate of drug-likeness (QED) is 0.594. The largest absolute Gasteiger partial charge is 0.355 e. The van der Waals surface area contributed by atoms with E-state index < -0.39 is 5.54 Å². The minimum Gasteiger partial charge on any atom is -0.355 e. The lowest BCUT2D eigenvalue weighted by Gasteiger charge is -2.25. The summed E-state index contributed by atoms with van der Waals surface area (Å²) >= 11 is 1.89. The Labute approximate surface area is 110 Å². The topological polar surface area (TPSA) is 55.1 Å². The summed E-state index contributed by atoms with van der Waals surface area (Å²) in [6, 6.07) is 0. The molecule has 0 saturated heterocycles. The Hall–Kier alpha value is -0.220. The third-order valence-corrected chi connectivity index (χ3v) is 3.97. The number of nitrogens with two attached hydrogens (primary N) is 1. The van der Waals surface area contributed by atoms with Gasteiger partial charge in [0.2, 0.25) is 5.91 Å². The number of carbonyl (C=O) groups excluding carboxylic acids is 1. The average Bonchev–Trinajstić information content (AvgIpc) is 2.36. The van der Waals surface area contributed by atoms with Crippen molar-refractivity contribution in [1.82, 2.24) is 5.32 Å². The van der Waals surface area contributed by atoms with Crippen LogP contribution in [0.1, 0.15) is 52.4 Å². The fourth-order valence-electron chi connectivity index (χ4n) is 1.67. The molecule has 0 aromatic heterocycles. The first-order chi connectivity index (χ1) is 8.10. The molecule has 102 valence electrons.